The molecule has 0 radical (unpaired) electrons. The van der Waals surface area contributed by atoms with Gasteiger partial charge in [0.2, 0.25) is 0 Å². The number of halogens is 1. The Morgan fingerprint density at radius 1 is 1.26 bits per heavy atom. The molecule has 2 saturated carbocycles. The molecule has 2 aliphatic carbocycles. The zero-order chi connectivity index (χ0) is 13.0. The van der Waals surface area contributed by atoms with Crippen LogP contribution in [-0.2, 0) is 6.54 Å². The van der Waals surface area contributed by atoms with Crippen LogP contribution in [0.3, 0.4) is 0 Å². The third-order valence-electron chi connectivity index (χ3n) is 4.12. The molecular formula is C16H18BrNO. The van der Waals surface area contributed by atoms with E-state index in [1.165, 1.54) is 42.2 Å². The number of aryl methyl sites for hydroxylation is 1. The molecule has 1 aromatic carbocycles. The first kappa shape index (κ1) is 12.0. The summed E-state index contributed by atoms with van der Waals surface area (Å²) >= 11 is 3.64. The Morgan fingerprint density at radius 3 is 2.74 bits per heavy atom. The average molecular weight is 320 g/mol. The van der Waals surface area contributed by atoms with Gasteiger partial charge in [-0.1, -0.05) is 0 Å². The molecule has 1 N–H and O–H groups in total. The second-order valence-corrected chi connectivity index (χ2v) is 6.85. The fourth-order valence-corrected chi connectivity index (χ4v) is 3.49. The van der Waals surface area contributed by atoms with E-state index in [0.29, 0.717) is 0 Å². The number of benzene rings is 1. The Hall–Kier alpha value is -0.800. The van der Waals surface area contributed by atoms with Crippen molar-refractivity contribution in [2.45, 2.75) is 51.1 Å². The Balaban J connectivity index is 1.81. The maximum Gasteiger partial charge on any atom is 0.148 e. The molecule has 0 spiro atoms. The van der Waals surface area contributed by atoms with Crippen molar-refractivity contribution in [3.63, 3.8) is 0 Å². The lowest BCUT2D eigenvalue weighted by atomic mass is 10.0. The van der Waals surface area contributed by atoms with E-state index in [4.69, 9.17) is 4.42 Å². The molecule has 0 saturated heterocycles. The molecule has 19 heavy (non-hydrogen) atoms. The van der Waals surface area contributed by atoms with E-state index in [2.05, 4.69) is 40.3 Å². The molecule has 0 unspecified atom stereocenters. The number of furan rings is 1. The maximum absolute atomic E-state index is 6.16. The summed E-state index contributed by atoms with van der Waals surface area (Å²) in [6.07, 6.45) is 5.27. The lowest BCUT2D eigenvalue weighted by Gasteiger charge is -2.02. The minimum Gasteiger partial charge on any atom is -0.458 e. The van der Waals surface area contributed by atoms with Crippen LogP contribution in [0.4, 0.5) is 0 Å². The molecule has 0 bridgehead atoms. The molecule has 3 heteroatoms. The standard InChI is InChI=1S/C16H18BrNO/c1-9-6-12-15(10-2-3-10)14(8-18-11-4-5-11)19-16(12)13(17)7-9/h6-7,10-11,18H,2-5,8H2,1H3. The van der Waals surface area contributed by atoms with Crippen LogP contribution in [0.1, 0.15) is 48.5 Å². The van der Waals surface area contributed by atoms with Crippen molar-refractivity contribution in [1.82, 2.24) is 5.32 Å². The molecule has 0 atom stereocenters. The van der Waals surface area contributed by atoms with Crippen LogP contribution in [-0.4, -0.2) is 6.04 Å². The topological polar surface area (TPSA) is 25.2 Å². The van der Waals surface area contributed by atoms with Crippen LogP contribution in [0.25, 0.3) is 11.0 Å². The number of hydrogen-bond donors (Lipinski definition) is 1. The van der Waals surface area contributed by atoms with Crippen LogP contribution >= 0.6 is 15.9 Å². The summed E-state index contributed by atoms with van der Waals surface area (Å²) in [6, 6.07) is 5.14. The van der Waals surface area contributed by atoms with Crippen LogP contribution in [0.5, 0.6) is 0 Å². The van der Waals surface area contributed by atoms with Crippen LogP contribution in [0.15, 0.2) is 21.0 Å². The molecule has 2 aliphatic rings. The van der Waals surface area contributed by atoms with E-state index in [9.17, 15) is 0 Å². The molecule has 1 aromatic heterocycles. The third-order valence-corrected chi connectivity index (χ3v) is 4.71. The fraction of sp³-hybridized carbons (Fsp3) is 0.500. The third kappa shape index (κ3) is 2.23. The molecule has 2 nitrogen and oxygen atoms in total. The second-order valence-electron chi connectivity index (χ2n) is 5.99. The summed E-state index contributed by atoms with van der Waals surface area (Å²) in [5.74, 6) is 1.89. The highest BCUT2D eigenvalue weighted by Crippen LogP contribution is 2.47. The lowest BCUT2D eigenvalue weighted by Crippen LogP contribution is -2.15. The van der Waals surface area contributed by atoms with E-state index in [0.717, 1.165) is 34.3 Å². The smallest absolute Gasteiger partial charge is 0.148 e. The first-order valence-corrected chi connectivity index (χ1v) is 7.96. The molecule has 1 heterocycles. The summed E-state index contributed by atoms with van der Waals surface area (Å²) in [6.45, 7) is 3.03. The Labute approximate surface area is 121 Å². The largest absolute Gasteiger partial charge is 0.458 e. The van der Waals surface area contributed by atoms with E-state index in [1.54, 1.807) is 0 Å². The van der Waals surface area contributed by atoms with Crippen LogP contribution in [0.2, 0.25) is 0 Å². The first-order chi connectivity index (χ1) is 9.22. The zero-order valence-electron chi connectivity index (χ0n) is 11.1. The van der Waals surface area contributed by atoms with Gasteiger partial charge in [-0.15, -0.1) is 0 Å². The SMILES string of the molecule is Cc1cc(Br)c2oc(CNC3CC3)c(C3CC3)c2c1. The van der Waals surface area contributed by atoms with Gasteiger partial charge >= 0.3 is 0 Å². The molecular weight excluding hydrogens is 302 g/mol. The van der Waals surface area contributed by atoms with Crippen molar-refractivity contribution in [2.75, 3.05) is 0 Å². The molecule has 4 rings (SSSR count). The molecule has 0 amide bonds. The van der Waals surface area contributed by atoms with Gasteiger partial charge in [0.25, 0.3) is 0 Å². The molecule has 2 fully saturated rings. The second kappa shape index (κ2) is 4.35. The highest BCUT2D eigenvalue weighted by Gasteiger charge is 2.32. The Bertz CT molecular complexity index is 638. The maximum atomic E-state index is 6.16. The van der Waals surface area contributed by atoms with Gasteiger partial charge < -0.3 is 9.73 Å². The lowest BCUT2D eigenvalue weighted by molar-refractivity contribution is 0.505. The van der Waals surface area contributed by atoms with E-state index < -0.39 is 0 Å². The van der Waals surface area contributed by atoms with Crippen LogP contribution in [0, 0.1) is 6.92 Å². The zero-order valence-corrected chi connectivity index (χ0v) is 12.7. The van der Waals surface area contributed by atoms with E-state index >= 15 is 0 Å². The Morgan fingerprint density at radius 2 is 2.05 bits per heavy atom. The van der Waals surface area contributed by atoms with Gasteiger partial charge in [-0.3, -0.25) is 0 Å². The van der Waals surface area contributed by atoms with Gasteiger partial charge in [-0.05, 0) is 72.2 Å². The van der Waals surface area contributed by atoms with Gasteiger partial charge in [0.05, 0.1) is 11.0 Å². The van der Waals surface area contributed by atoms with Crippen molar-refractivity contribution in [1.29, 1.82) is 0 Å². The molecule has 2 aromatic rings. The minimum absolute atomic E-state index is 0.727. The normalized spacial score (nSPS) is 19.3. The summed E-state index contributed by atoms with van der Waals surface area (Å²) in [7, 11) is 0. The summed E-state index contributed by atoms with van der Waals surface area (Å²) in [5, 5.41) is 4.90. The summed E-state index contributed by atoms with van der Waals surface area (Å²) in [5.41, 5.74) is 3.79. The van der Waals surface area contributed by atoms with Gasteiger partial charge in [0, 0.05) is 17.0 Å². The fourth-order valence-electron chi connectivity index (χ4n) is 2.84. The van der Waals surface area contributed by atoms with Gasteiger partial charge in [0.1, 0.15) is 11.3 Å². The average Bonchev–Trinajstić information content (AvgIpc) is 3.26. The Kier molecular flexibility index (Phi) is 2.75. The van der Waals surface area contributed by atoms with Gasteiger partial charge in [0.15, 0.2) is 0 Å². The van der Waals surface area contributed by atoms with Crippen molar-refractivity contribution in [2.24, 2.45) is 0 Å². The van der Waals surface area contributed by atoms with E-state index in [-0.39, 0.29) is 0 Å². The predicted molar refractivity (Wildman–Crippen MR) is 80.5 cm³/mol. The number of rotatable bonds is 4. The van der Waals surface area contributed by atoms with Crippen molar-refractivity contribution in [3.05, 3.63) is 33.5 Å². The molecule has 100 valence electrons. The number of fused-ring (bicyclic) bond motifs is 1. The predicted octanol–water partition coefficient (Wildman–Crippen LogP) is 4.63. The highest BCUT2D eigenvalue weighted by molar-refractivity contribution is 9.10. The highest BCUT2D eigenvalue weighted by atomic mass is 79.9. The van der Waals surface area contributed by atoms with Gasteiger partial charge in [-0.25, -0.2) is 0 Å². The van der Waals surface area contributed by atoms with Crippen LogP contribution < -0.4 is 5.32 Å². The van der Waals surface area contributed by atoms with Crippen molar-refractivity contribution >= 4 is 26.9 Å². The first-order valence-electron chi connectivity index (χ1n) is 7.17. The monoisotopic (exact) mass is 319 g/mol. The van der Waals surface area contributed by atoms with Crippen molar-refractivity contribution in [3.8, 4) is 0 Å². The number of hydrogen-bond acceptors (Lipinski definition) is 2. The quantitative estimate of drug-likeness (QED) is 0.888. The number of nitrogens with one attached hydrogen (secondary N) is 1. The van der Waals surface area contributed by atoms with E-state index in [1.807, 2.05) is 0 Å². The summed E-state index contributed by atoms with van der Waals surface area (Å²) < 4.78 is 7.24. The minimum atomic E-state index is 0.727. The van der Waals surface area contributed by atoms with Gasteiger partial charge in [-0.2, -0.15) is 0 Å². The molecule has 0 aliphatic heterocycles. The summed E-state index contributed by atoms with van der Waals surface area (Å²) in [4.78, 5) is 0. The van der Waals surface area contributed by atoms with Crippen molar-refractivity contribution < 1.29 is 4.42 Å².